The van der Waals surface area contributed by atoms with Crippen molar-refractivity contribution in [2.45, 2.75) is 75.2 Å². The van der Waals surface area contributed by atoms with Crippen molar-refractivity contribution in [3.63, 3.8) is 0 Å². The molecule has 186 valence electrons. The molecule has 2 saturated heterocycles. The summed E-state index contributed by atoms with van der Waals surface area (Å²) in [5.41, 5.74) is -2.11. The Morgan fingerprint density at radius 2 is 1.74 bits per heavy atom. The molecule has 0 aromatic rings. The molecule has 0 bridgehead atoms. The monoisotopic (exact) mass is 471 g/mol. The summed E-state index contributed by atoms with van der Waals surface area (Å²) in [5, 5.41) is 9.52. The Balaban J connectivity index is 1.62. The van der Waals surface area contributed by atoms with Crippen LogP contribution in [0, 0.1) is 11.8 Å². The molecule has 0 aromatic heterocycles. The molecule has 1 aliphatic carbocycles. The summed E-state index contributed by atoms with van der Waals surface area (Å²) in [5.74, 6) is -1.86. The number of likely N-dealkylation sites (tertiary alicyclic amines) is 1. The summed E-state index contributed by atoms with van der Waals surface area (Å²) in [6.07, 6.45) is 14.1. The van der Waals surface area contributed by atoms with Crippen LogP contribution in [0.3, 0.4) is 0 Å². The van der Waals surface area contributed by atoms with Gasteiger partial charge >= 0.3 is 0 Å². The van der Waals surface area contributed by atoms with Crippen molar-refractivity contribution in [2.75, 3.05) is 33.3 Å². The smallest absolute Gasteiger partial charge is 0.249 e. The van der Waals surface area contributed by atoms with Crippen LogP contribution in [0.1, 0.15) is 51.9 Å². The summed E-state index contributed by atoms with van der Waals surface area (Å²) in [7, 11) is 1.75. The number of rotatable bonds is 5. The number of aliphatic hydroxyl groups is 1. The van der Waals surface area contributed by atoms with Crippen molar-refractivity contribution in [1.29, 1.82) is 0 Å². The first-order valence-electron chi connectivity index (χ1n) is 12.9. The van der Waals surface area contributed by atoms with Crippen molar-refractivity contribution in [3.8, 4) is 0 Å². The lowest BCUT2D eigenvalue weighted by atomic mass is 9.73. The highest BCUT2D eigenvalue weighted by Crippen LogP contribution is 2.58. The van der Waals surface area contributed by atoms with E-state index in [2.05, 4.69) is 0 Å². The zero-order chi connectivity index (χ0) is 24.1. The SMILES string of the molecule is CC[C@]12C=CCN(C)C(=O)[C@H]1[C@H]1C(=O)N(CCCO)C3C(=O)N(C4CCCCC4)CC=C[C@@]31O2. The van der Waals surface area contributed by atoms with E-state index in [1.807, 2.05) is 36.1 Å². The van der Waals surface area contributed by atoms with Gasteiger partial charge in [0.2, 0.25) is 17.7 Å². The lowest BCUT2D eigenvalue weighted by Gasteiger charge is -2.40. The van der Waals surface area contributed by atoms with E-state index in [0.717, 1.165) is 25.7 Å². The molecule has 4 heterocycles. The molecule has 0 radical (unpaired) electrons. The largest absolute Gasteiger partial charge is 0.396 e. The van der Waals surface area contributed by atoms with Gasteiger partial charge in [0.05, 0.1) is 17.4 Å². The van der Waals surface area contributed by atoms with Crippen molar-refractivity contribution < 1.29 is 24.2 Å². The Morgan fingerprint density at radius 1 is 1.00 bits per heavy atom. The Hall–Kier alpha value is -2.19. The number of aliphatic hydroxyl groups excluding tert-OH is 1. The predicted molar refractivity (Wildman–Crippen MR) is 126 cm³/mol. The molecule has 34 heavy (non-hydrogen) atoms. The zero-order valence-electron chi connectivity index (χ0n) is 20.3. The number of nitrogens with zero attached hydrogens (tertiary/aromatic N) is 3. The summed E-state index contributed by atoms with van der Waals surface area (Å²) < 4.78 is 6.89. The second kappa shape index (κ2) is 8.79. The van der Waals surface area contributed by atoms with E-state index in [1.165, 1.54) is 6.42 Å². The lowest BCUT2D eigenvalue weighted by molar-refractivity contribution is -0.155. The fourth-order valence-electron chi connectivity index (χ4n) is 7.10. The second-order valence-electron chi connectivity index (χ2n) is 10.5. The number of fused-ring (bicyclic) bond motifs is 2. The van der Waals surface area contributed by atoms with Crippen molar-refractivity contribution >= 4 is 17.7 Å². The molecule has 1 unspecified atom stereocenters. The second-order valence-corrected chi connectivity index (χ2v) is 10.5. The van der Waals surface area contributed by atoms with Gasteiger partial charge in [0.25, 0.3) is 0 Å². The van der Waals surface area contributed by atoms with Crippen molar-refractivity contribution in [2.24, 2.45) is 11.8 Å². The first-order valence-corrected chi connectivity index (χ1v) is 12.9. The lowest BCUT2D eigenvalue weighted by Crippen LogP contribution is -2.58. The maximum atomic E-state index is 14.2. The topological polar surface area (TPSA) is 90.4 Å². The first kappa shape index (κ1) is 23.5. The van der Waals surface area contributed by atoms with Crippen molar-refractivity contribution in [1.82, 2.24) is 14.7 Å². The molecular formula is C26H37N3O5. The Bertz CT molecular complexity index is 912. The average molecular weight is 472 g/mol. The fourth-order valence-corrected chi connectivity index (χ4v) is 7.10. The molecule has 8 nitrogen and oxygen atoms in total. The van der Waals surface area contributed by atoms with Gasteiger partial charge in [-0.25, -0.2) is 0 Å². The number of hydrogen-bond donors (Lipinski definition) is 1. The Labute approximate surface area is 201 Å². The van der Waals surface area contributed by atoms with E-state index in [0.29, 0.717) is 25.9 Å². The third-order valence-corrected chi connectivity index (χ3v) is 8.74. The van der Waals surface area contributed by atoms with Crippen LogP contribution in [0.2, 0.25) is 0 Å². The van der Waals surface area contributed by atoms with Crippen LogP contribution in [-0.2, 0) is 19.1 Å². The van der Waals surface area contributed by atoms with E-state index >= 15 is 0 Å². The van der Waals surface area contributed by atoms with Crippen LogP contribution >= 0.6 is 0 Å². The van der Waals surface area contributed by atoms with Gasteiger partial charge in [0.15, 0.2) is 0 Å². The molecule has 3 amide bonds. The van der Waals surface area contributed by atoms with Gasteiger partial charge in [-0.15, -0.1) is 0 Å². The Morgan fingerprint density at radius 3 is 2.44 bits per heavy atom. The summed E-state index contributed by atoms with van der Waals surface area (Å²) in [6, 6.07) is -0.659. The van der Waals surface area contributed by atoms with Gasteiger partial charge in [-0.05, 0) is 25.7 Å². The minimum absolute atomic E-state index is 0.0713. The predicted octanol–water partition coefficient (Wildman–Crippen LogP) is 1.49. The summed E-state index contributed by atoms with van der Waals surface area (Å²) in [6.45, 7) is 3.14. The van der Waals surface area contributed by atoms with Crippen LogP contribution in [0.15, 0.2) is 24.3 Å². The quantitative estimate of drug-likeness (QED) is 0.614. The molecular weight excluding hydrogens is 434 g/mol. The molecule has 1 spiro atoms. The highest BCUT2D eigenvalue weighted by atomic mass is 16.5. The van der Waals surface area contributed by atoms with Gasteiger partial charge in [-0.2, -0.15) is 0 Å². The van der Waals surface area contributed by atoms with Gasteiger partial charge < -0.3 is 24.5 Å². The molecule has 3 fully saturated rings. The standard InChI is InChI=1S/C26H37N3O5/c1-3-25-12-7-14-27(2)22(31)19(25)20-23(32)29(16-9-17-30)21-24(33)28(18-10-5-4-6-11-18)15-8-13-26(20,21)34-25/h7-8,12-13,18-21,30H,3-6,9-11,14-17H2,1-2H3/t19-,20+,21?,25+,26+/m1/s1. The molecule has 5 aliphatic rings. The average Bonchev–Trinajstić information content (AvgIpc) is 3.14. The van der Waals surface area contributed by atoms with Crippen LogP contribution in [0.4, 0.5) is 0 Å². The number of hydrogen-bond acceptors (Lipinski definition) is 5. The Kier molecular flexibility index (Phi) is 6.09. The molecule has 1 N–H and O–H groups in total. The summed E-state index contributed by atoms with van der Waals surface area (Å²) >= 11 is 0. The summed E-state index contributed by atoms with van der Waals surface area (Å²) in [4.78, 5) is 47.1. The molecule has 1 saturated carbocycles. The van der Waals surface area contributed by atoms with Crippen LogP contribution in [-0.4, -0.2) is 94.1 Å². The van der Waals surface area contributed by atoms with Crippen LogP contribution in [0.25, 0.3) is 0 Å². The minimum atomic E-state index is -1.19. The van der Waals surface area contributed by atoms with Gasteiger partial charge in [-0.3, -0.25) is 14.4 Å². The number of likely N-dealkylation sites (N-methyl/N-ethyl adjacent to an activating group) is 1. The van der Waals surface area contributed by atoms with E-state index < -0.39 is 29.1 Å². The van der Waals surface area contributed by atoms with E-state index in [9.17, 15) is 19.5 Å². The normalized spacial score (nSPS) is 38.1. The highest BCUT2D eigenvalue weighted by Gasteiger charge is 2.75. The number of carbonyl (C=O) groups excluding carboxylic acids is 3. The van der Waals surface area contributed by atoms with Gasteiger partial charge in [0, 0.05) is 39.3 Å². The van der Waals surface area contributed by atoms with E-state index in [1.54, 1.807) is 16.8 Å². The number of amides is 3. The molecule has 4 aliphatic heterocycles. The zero-order valence-corrected chi connectivity index (χ0v) is 20.3. The van der Waals surface area contributed by atoms with Gasteiger partial charge in [-0.1, -0.05) is 50.5 Å². The maximum absolute atomic E-state index is 14.2. The number of ether oxygens (including phenoxy) is 1. The first-order chi connectivity index (χ1) is 16.4. The van der Waals surface area contributed by atoms with Crippen LogP contribution < -0.4 is 0 Å². The van der Waals surface area contributed by atoms with Crippen molar-refractivity contribution in [3.05, 3.63) is 24.3 Å². The van der Waals surface area contributed by atoms with Gasteiger partial charge in [0.1, 0.15) is 11.6 Å². The van der Waals surface area contributed by atoms with E-state index in [-0.39, 0.29) is 36.9 Å². The number of carbonyl (C=O) groups is 3. The van der Waals surface area contributed by atoms with Crippen LogP contribution in [0.5, 0.6) is 0 Å². The minimum Gasteiger partial charge on any atom is -0.396 e. The molecule has 0 aromatic carbocycles. The molecule has 5 atom stereocenters. The third-order valence-electron chi connectivity index (χ3n) is 8.74. The van der Waals surface area contributed by atoms with E-state index in [4.69, 9.17) is 4.74 Å². The molecule has 5 rings (SSSR count). The maximum Gasteiger partial charge on any atom is 0.249 e. The third kappa shape index (κ3) is 3.28. The highest BCUT2D eigenvalue weighted by molar-refractivity contribution is 6.00. The fraction of sp³-hybridized carbons (Fsp3) is 0.731. The molecule has 8 heteroatoms.